The molecule has 1 atom stereocenters. The minimum absolute atomic E-state index is 0.0160. The second-order valence-electron chi connectivity index (χ2n) is 6.41. The quantitative estimate of drug-likeness (QED) is 0.853. The monoisotopic (exact) mass is 347 g/mol. The Bertz CT molecular complexity index is 649. The van der Waals surface area contributed by atoms with E-state index in [1.165, 1.54) is 0 Å². The van der Waals surface area contributed by atoms with Crippen LogP contribution in [0.25, 0.3) is 0 Å². The minimum Gasteiger partial charge on any atom is -0.493 e. The molecule has 1 N–H and O–H groups in total. The van der Waals surface area contributed by atoms with E-state index in [0.717, 1.165) is 24.9 Å². The third kappa shape index (κ3) is 3.87. The largest absolute Gasteiger partial charge is 0.493 e. The summed E-state index contributed by atoms with van der Waals surface area (Å²) in [5.74, 6) is 1.33. The lowest BCUT2D eigenvalue weighted by atomic mass is 10.0. The molecule has 136 valence electrons. The van der Waals surface area contributed by atoms with Crippen molar-refractivity contribution in [2.75, 3.05) is 46.9 Å². The molecule has 0 aliphatic carbocycles. The van der Waals surface area contributed by atoms with E-state index in [-0.39, 0.29) is 24.4 Å². The number of rotatable bonds is 5. The molecule has 0 saturated carbocycles. The maximum Gasteiger partial charge on any atom is 0.239 e. The van der Waals surface area contributed by atoms with Gasteiger partial charge in [-0.05, 0) is 37.1 Å². The van der Waals surface area contributed by atoms with Gasteiger partial charge >= 0.3 is 0 Å². The highest BCUT2D eigenvalue weighted by Gasteiger charge is 2.30. The first-order valence-corrected chi connectivity index (χ1v) is 8.63. The van der Waals surface area contributed by atoms with Crippen molar-refractivity contribution in [1.29, 1.82) is 0 Å². The van der Waals surface area contributed by atoms with Crippen LogP contribution < -0.4 is 14.8 Å². The van der Waals surface area contributed by atoms with E-state index < -0.39 is 0 Å². The zero-order chi connectivity index (χ0) is 17.8. The van der Waals surface area contributed by atoms with Crippen LogP contribution in [0.1, 0.15) is 24.4 Å². The Morgan fingerprint density at radius 1 is 1.24 bits per heavy atom. The fraction of sp³-hybridized carbons (Fsp3) is 0.556. The Balaban J connectivity index is 1.70. The summed E-state index contributed by atoms with van der Waals surface area (Å²) in [6.45, 7) is 2.49. The highest BCUT2D eigenvalue weighted by atomic mass is 16.5. The van der Waals surface area contributed by atoms with E-state index in [1.807, 2.05) is 18.2 Å². The number of likely N-dealkylation sites (tertiary alicyclic amines) is 1. The van der Waals surface area contributed by atoms with Crippen LogP contribution in [0.15, 0.2) is 18.2 Å². The standard InChI is InChI=1S/C18H25N3O4/c1-24-15-6-5-13(10-16(15)25-2)14-4-3-8-20(14)12-18(23)21-9-7-19-17(22)11-21/h5-6,10,14H,3-4,7-9,11-12H2,1-2H3,(H,19,22)/t14-/m1/s1. The van der Waals surface area contributed by atoms with Crippen molar-refractivity contribution in [1.82, 2.24) is 15.1 Å². The summed E-state index contributed by atoms with van der Waals surface area (Å²) in [6, 6.07) is 6.10. The van der Waals surface area contributed by atoms with Gasteiger partial charge in [0.05, 0.1) is 27.3 Å². The average molecular weight is 347 g/mol. The number of nitrogens with zero attached hydrogens (tertiary/aromatic N) is 2. The molecule has 0 aromatic heterocycles. The van der Waals surface area contributed by atoms with Crippen molar-refractivity contribution in [3.8, 4) is 11.5 Å². The first kappa shape index (κ1) is 17.5. The van der Waals surface area contributed by atoms with Gasteiger partial charge < -0.3 is 19.7 Å². The molecule has 0 bridgehead atoms. The molecule has 3 rings (SSSR count). The molecule has 0 spiro atoms. The number of piperazine rings is 1. The molecular formula is C18H25N3O4. The Labute approximate surface area is 147 Å². The van der Waals surface area contributed by atoms with Crippen molar-refractivity contribution in [3.63, 3.8) is 0 Å². The number of hydrogen-bond donors (Lipinski definition) is 1. The van der Waals surface area contributed by atoms with Gasteiger partial charge in [-0.15, -0.1) is 0 Å². The van der Waals surface area contributed by atoms with E-state index in [1.54, 1.807) is 19.1 Å². The number of carbonyl (C=O) groups excluding carboxylic acids is 2. The number of ether oxygens (including phenoxy) is 2. The average Bonchev–Trinajstić information content (AvgIpc) is 3.09. The molecule has 2 aliphatic heterocycles. The maximum absolute atomic E-state index is 12.6. The molecule has 2 amide bonds. The lowest BCUT2D eigenvalue weighted by Gasteiger charge is -2.30. The van der Waals surface area contributed by atoms with Crippen LogP contribution >= 0.6 is 0 Å². The number of carbonyl (C=O) groups is 2. The summed E-state index contributed by atoms with van der Waals surface area (Å²) in [5, 5.41) is 2.75. The third-order valence-electron chi connectivity index (χ3n) is 4.89. The summed E-state index contributed by atoms with van der Waals surface area (Å²) < 4.78 is 10.7. The molecule has 25 heavy (non-hydrogen) atoms. The van der Waals surface area contributed by atoms with Gasteiger partial charge in [-0.2, -0.15) is 0 Å². The van der Waals surface area contributed by atoms with Gasteiger partial charge in [0.25, 0.3) is 0 Å². The molecule has 7 nitrogen and oxygen atoms in total. The first-order valence-electron chi connectivity index (χ1n) is 8.63. The van der Waals surface area contributed by atoms with Gasteiger partial charge in [-0.3, -0.25) is 14.5 Å². The summed E-state index contributed by atoms with van der Waals surface area (Å²) in [6.07, 6.45) is 2.05. The summed E-state index contributed by atoms with van der Waals surface area (Å²) >= 11 is 0. The third-order valence-corrected chi connectivity index (χ3v) is 4.89. The molecule has 0 radical (unpaired) electrons. The van der Waals surface area contributed by atoms with Crippen LogP contribution in [-0.2, 0) is 9.59 Å². The van der Waals surface area contributed by atoms with Crippen molar-refractivity contribution in [2.45, 2.75) is 18.9 Å². The zero-order valence-electron chi connectivity index (χ0n) is 14.8. The smallest absolute Gasteiger partial charge is 0.239 e. The SMILES string of the molecule is COc1ccc([C@H]2CCCN2CC(=O)N2CCNC(=O)C2)cc1OC. The second kappa shape index (κ2) is 7.74. The fourth-order valence-corrected chi connectivity index (χ4v) is 3.58. The predicted octanol–water partition coefficient (Wildman–Crippen LogP) is 0.799. The van der Waals surface area contributed by atoms with Crippen molar-refractivity contribution in [2.24, 2.45) is 0 Å². The van der Waals surface area contributed by atoms with Gasteiger partial charge in [-0.1, -0.05) is 6.07 Å². The summed E-state index contributed by atoms with van der Waals surface area (Å²) in [7, 11) is 3.24. The molecular weight excluding hydrogens is 322 g/mol. The number of amides is 2. The maximum atomic E-state index is 12.6. The van der Waals surface area contributed by atoms with E-state index in [4.69, 9.17) is 9.47 Å². The van der Waals surface area contributed by atoms with Gasteiger partial charge in [-0.25, -0.2) is 0 Å². The highest BCUT2D eigenvalue weighted by molar-refractivity contribution is 5.86. The van der Waals surface area contributed by atoms with Crippen LogP contribution in [0.2, 0.25) is 0 Å². The first-order chi connectivity index (χ1) is 12.1. The van der Waals surface area contributed by atoms with Crippen LogP contribution in [-0.4, -0.2) is 68.6 Å². The van der Waals surface area contributed by atoms with Crippen LogP contribution in [0.3, 0.4) is 0 Å². The van der Waals surface area contributed by atoms with Gasteiger partial charge in [0.15, 0.2) is 11.5 Å². The molecule has 2 fully saturated rings. The minimum atomic E-state index is -0.0857. The van der Waals surface area contributed by atoms with E-state index in [0.29, 0.717) is 31.1 Å². The Morgan fingerprint density at radius 2 is 2.04 bits per heavy atom. The second-order valence-corrected chi connectivity index (χ2v) is 6.41. The van der Waals surface area contributed by atoms with Gasteiger partial charge in [0.1, 0.15) is 0 Å². The van der Waals surface area contributed by atoms with Gasteiger partial charge in [0.2, 0.25) is 11.8 Å². The van der Waals surface area contributed by atoms with Crippen LogP contribution in [0.5, 0.6) is 11.5 Å². The van der Waals surface area contributed by atoms with E-state index >= 15 is 0 Å². The molecule has 7 heteroatoms. The Morgan fingerprint density at radius 3 is 2.76 bits per heavy atom. The Hall–Kier alpha value is -2.28. The molecule has 2 saturated heterocycles. The topological polar surface area (TPSA) is 71.1 Å². The fourth-order valence-electron chi connectivity index (χ4n) is 3.58. The van der Waals surface area contributed by atoms with E-state index in [9.17, 15) is 9.59 Å². The molecule has 0 unspecified atom stereocenters. The Kier molecular flexibility index (Phi) is 5.43. The molecule has 1 aromatic rings. The lowest BCUT2D eigenvalue weighted by molar-refractivity contribution is -0.139. The molecule has 2 heterocycles. The normalized spacial score (nSPS) is 21.1. The number of benzene rings is 1. The van der Waals surface area contributed by atoms with Crippen molar-refractivity contribution in [3.05, 3.63) is 23.8 Å². The molecule has 1 aromatic carbocycles. The number of methoxy groups -OCH3 is 2. The van der Waals surface area contributed by atoms with Crippen molar-refractivity contribution >= 4 is 11.8 Å². The zero-order valence-corrected chi connectivity index (χ0v) is 14.8. The molecule has 2 aliphatic rings. The summed E-state index contributed by atoms with van der Waals surface area (Å²) in [5.41, 5.74) is 1.12. The lowest BCUT2D eigenvalue weighted by Crippen LogP contribution is -2.52. The summed E-state index contributed by atoms with van der Waals surface area (Å²) in [4.78, 5) is 27.9. The van der Waals surface area contributed by atoms with Gasteiger partial charge in [0, 0.05) is 19.1 Å². The highest BCUT2D eigenvalue weighted by Crippen LogP contribution is 2.36. The van der Waals surface area contributed by atoms with Crippen LogP contribution in [0.4, 0.5) is 0 Å². The van der Waals surface area contributed by atoms with Crippen molar-refractivity contribution < 1.29 is 19.1 Å². The number of hydrogen-bond acceptors (Lipinski definition) is 5. The van der Waals surface area contributed by atoms with Crippen LogP contribution in [0, 0.1) is 0 Å². The predicted molar refractivity (Wildman–Crippen MR) is 92.7 cm³/mol. The van der Waals surface area contributed by atoms with E-state index in [2.05, 4.69) is 10.2 Å². The number of nitrogens with one attached hydrogen (secondary N) is 1.